The number of benzene rings is 3. The van der Waals surface area contributed by atoms with Crippen LogP contribution in [0.2, 0.25) is 0 Å². The molecule has 2 heterocycles. The molecule has 174 valence electrons. The van der Waals surface area contributed by atoms with Gasteiger partial charge >= 0.3 is 0 Å². The van der Waals surface area contributed by atoms with Crippen molar-refractivity contribution in [1.82, 2.24) is 10.3 Å². The van der Waals surface area contributed by atoms with Crippen LogP contribution < -0.4 is 24.8 Å². The number of ether oxygens (including phenoxy) is 3. The second-order valence-corrected chi connectivity index (χ2v) is 8.30. The van der Waals surface area contributed by atoms with E-state index < -0.39 is 6.04 Å². The summed E-state index contributed by atoms with van der Waals surface area (Å²) < 4.78 is 16.1. The van der Waals surface area contributed by atoms with Crippen molar-refractivity contribution in [2.45, 2.75) is 18.9 Å². The molecule has 0 saturated carbocycles. The number of anilines is 1. The molecule has 0 fully saturated rings. The van der Waals surface area contributed by atoms with Crippen LogP contribution in [0, 0.1) is 0 Å². The summed E-state index contributed by atoms with van der Waals surface area (Å²) in [6.07, 6.45) is 2.05. The van der Waals surface area contributed by atoms with Gasteiger partial charge in [0.1, 0.15) is 5.75 Å². The molecule has 34 heavy (non-hydrogen) atoms. The smallest absolute Gasteiger partial charge is 0.241 e. The molecule has 0 aliphatic carbocycles. The van der Waals surface area contributed by atoms with Crippen LogP contribution >= 0.6 is 0 Å². The van der Waals surface area contributed by atoms with Gasteiger partial charge in [-0.3, -0.25) is 4.79 Å². The molecule has 0 spiro atoms. The summed E-state index contributed by atoms with van der Waals surface area (Å²) in [4.78, 5) is 16.2. The number of hydrogen-bond acceptors (Lipinski definition) is 5. The third kappa shape index (κ3) is 4.43. The number of aromatic nitrogens is 1. The van der Waals surface area contributed by atoms with Crippen LogP contribution in [0.5, 0.6) is 17.2 Å². The fourth-order valence-corrected chi connectivity index (χ4v) is 4.24. The van der Waals surface area contributed by atoms with Crippen LogP contribution in [0.1, 0.15) is 24.0 Å². The molecule has 0 saturated heterocycles. The first-order chi connectivity index (χ1) is 16.6. The average Bonchev–Trinajstić information content (AvgIpc) is 3.51. The van der Waals surface area contributed by atoms with Gasteiger partial charge in [-0.1, -0.05) is 30.3 Å². The van der Waals surface area contributed by atoms with E-state index in [0.29, 0.717) is 23.7 Å². The van der Waals surface area contributed by atoms with Crippen LogP contribution in [-0.2, 0) is 4.79 Å². The highest BCUT2D eigenvalue weighted by Gasteiger charge is 2.22. The standard InChI is InChI=1S/C27H27N3O4/c1-17(27(31)30-19-9-12-25-26(13-19)34-16-33-25)28-14-22(18-7-10-20(32-2)11-8-18)23-15-29-24-6-4-3-5-21(23)24/h3-13,15,17,22,28-29H,14,16H2,1-2H3,(H,30,31)/t17-,22+/m1/s1. The summed E-state index contributed by atoms with van der Waals surface area (Å²) in [5.74, 6) is 2.06. The van der Waals surface area contributed by atoms with E-state index >= 15 is 0 Å². The van der Waals surface area contributed by atoms with Gasteiger partial charge in [0.2, 0.25) is 12.7 Å². The Morgan fingerprint density at radius 2 is 1.85 bits per heavy atom. The van der Waals surface area contributed by atoms with Gasteiger partial charge in [0.25, 0.3) is 0 Å². The summed E-state index contributed by atoms with van der Waals surface area (Å²) in [6.45, 7) is 2.65. The Balaban J connectivity index is 1.33. The maximum Gasteiger partial charge on any atom is 0.241 e. The number of aromatic amines is 1. The molecule has 1 aromatic heterocycles. The van der Waals surface area contributed by atoms with Crippen LogP contribution in [-0.4, -0.2) is 37.4 Å². The number of methoxy groups -OCH3 is 1. The Morgan fingerprint density at radius 1 is 1.06 bits per heavy atom. The highest BCUT2D eigenvalue weighted by atomic mass is 16.7. The van der Waals surface area contributed by atoms with Crippen molar-refractivity contribution in [3.05, 3.63) is 84.1 Å². The predicted molar refractivity (Wildman–Crippen MR) is 132 cm³/mol. The van der Waals surface area contributed by atoms with Crippen molar-refractivity contribution in [3.8, 4) is 17.2 Å². The van der Waals surface area contributed by atoms with Gasteiger partial charge in [-0.2, -0.15) is 0 Å². The van der Waals surface area contributed by atoms with Gasteiger partial charge in [-0.15, -0.1) is 0 Å². The van der Waals surface area contributed by atoms with Gasteiger partial charge in [-0.05, 0) is 48.4 Å². The monoisotopic (exact) mass is 457 g/mol. The van der Waals surface area contributed by atoms with E-state index in [1.54, 1.807) is 19.2 Å². The maximum atomic E-state index is 12.9. The fourth-order valence-electron chi connectivity index (χ4n) is 4.24. The normalized spacial score (nSPS) is 14.1. The minimum absolute atomic E-state index is 0.0443. The molecule has 1 amide bonds. The molecule has 2 atom stereocenters. The number of H-pyrrole nitrogens is 1. The van der Waals surface area contributed by atoms with Crippen LogP contribution in [0.3, 0.4) is 0 Å². The molecule has 3 aromatic carbocycles. The van der Waals surface area contributed by atoms with E-state index in [0.717, 1.165) is 16.8 Å². The topological polar surface area (TPSA) is 84.6 Å². The summed E-state index contributed by atoms with van der Waals surface area (Å²) in [5, 5.41) is 7.55. The number of amides is 1. The Morgan fingerprint density at radius 3 is 2.68 bits per heavy atom. The lowest BCUT2D eigenvalue weighted by atomic mass is 9.90. The molecule has 7 nitrogen and oxygen atoms in total. The zero-order chi connectivity index (χ0) is 23.5. The van der Waals surface area contributed by atoms with E-state index in [-0.39, 0.29) is 18.6 Å². The Hall–Kier alpha value is -3.97. The quantitative estimate of drug-likeness (QED) is 0.359. The lowest BCUT2D eigenvalue weighted by Gasteiger charge is -2.21. The summed E-state index contributed by atoms with van der Waals surface area (Å²) >= 11 is 0. The number of fused-ring (bicyclic) bond motifs is 2. The molecular weight excluding hydrogens is 430 g/mol. The fraction of sp³-hybridized carbons (Fsp3) is 0.222. The van der Waals surface area contributed by atoms with Crippen molar-refractivity contribution in [1.29, 1.82) is 0 Å². The first-order valence-electron chi connectivity index (χ1n) is 11.3. The minimum atomic E-state index is -0.406. The Labute approximate surface area is 198 Å². The van der Waals surface area contributed by atoms with E-state index in [2.05, 4.69) is 46.1 Å². The SMILES string of the molecule is COc1ccc([C@H](CN[C@H](C)C(=O)Nc2ccc3c(c2)OCO3)c2c[nH]c3ccccc23)cc1. The number of nitrogens with one attached hydrogen (secondary N) is 3. The lowest BCUT2D eigenvalue weighted by molar-refractivity contribution is -0.117. The molecule has 0 radical (unpaired) electrons. The van der Waals surface area contributed by atoms with Gasteiger partial charge in [0, 0.05) is 41.3 Å². The molecule has 1 aliphatic heterocycles. The van der Waals surface area contributed by atoms with Crippen molar-refractivity contribution >= 4 is 22.5 Å². The number of rotatable bonds is 8. The van der Waals surface area contributed by atoms with E-state index in [4.69, 9.17) is 14.2 Å². The van der Waals surface area contributed by atoms with Crippen LogP contribution in [0.15, 0.2) is 72.9 Å². The third-order valence-corrected chi connectivity index (χ3v) is 6.18. The van der Waals surface area contributed by atoms with Gasteiger partial charge in [0.15, 0.2) is 11.5 Å². The van der Waals surface area contributed by atoms with Crippen molar-refractivity contribution < 1.29 is 19.0 Å². The number of carbonyl (C=O) groups excluding carboxylic acids is 1. The number of para-hydroxylation sites is 1. The highest BCUT2D eigenvalue weighted by Crippen LogP contribution is 2.34. The van der Waals surface area contributed by atoms with Crippen molar-refractivity contribution in [2.75, 3.05) is 25.8 Å². The molecule has 0 bridgehead atoms. The summed E-state index contributed by atoms with van der Waals surface area (Å²) in [5.41, 5.74) is 4.08. The van der Waals surface area contributed by atoms with E-state index in [1.807, 2.05) is 37.3 Å². The first kappa shape index (κ1) is 21.9. The molecule has 1 aliphatic rings. The Kier molecular flexibility index (Phi) is 6.10. The van der Waals surface area contributed by atoms with Crippen molar-refractivity contribution in [3.63, 3.8) is 0 Å². The minimum Gasteiger partial charge on any atom is -0.497 e. The molecule has 0 unspecified atom stereocenters. The zero-order valence-electron chi connectivity index (χ0n) is 19.1. The second-order valence-electron chi connectivity index (χ2n) is 8.30. The number of carbonyl (C=O) groups is 1. The molecule has 7 heteroatoms. The first-order valence-corrected chi connectivity index (χ1v) is 11.3. The van der Waals surface area contributed by atoms with E-state index in [1.165, 1.54) is 10.9 Å². The van der Waals surface area contributed by atoms with E-state index in [9.17, 15) is 4.79 Å². The van der Waals surface area contributed by atoms with Gasteiger partial charge in [-0.25, -0.2) is 0 Å². The second kappa shape index (κ2) is 9.49. The maximum absolute atomic E-state index is 12.9. The largest absolute Gasteiger partial charge is 0.497 e. The highest BCUT2D eigenvalue weighted by molar-refractivity contribution is 5.95. The lowest BCUT2D eigenvalue weighted by Crippen LogP contribution is -2.40. The Bertz CT molecular complexity index is 1300. The van der Waals surface area contributed by atoms with Gasteiger partial charge in [0.05, 0.1) is 13.2 Å². The molecular formula is C27H27N3O4. The molecule has 5 rings (SSSR count). The molecule has 4 aromatic rings. The van der Waals surface area contributed by atoms with Crippen molar-refractivity contribution in [2.24, 2.45) is 0 Å². The summed E-state index contributed by atoms with van der Waals surface area (Å²) in [6, 6.07) is 21.3. The average molecular weight is 458 g/mol. The van der Waals surface area contributed by atoms with Crippen LogP contribution in [0.25, 0.3) is 10.9 Å². The third-order valence-electron chi connectivity index (χ3n) is 6.18. The predicted octanol–water partition coefficient (Wildman–Crippen LogP) is 4.65. The van der Waals surface area contributed by atoms with Gasteiger partial charge < -0.3 is 29.8 Å². The summed E-state index contributed by atoms with van der Waals surface area (Å²) in [7, 11) is 1.66. The number of hydrogen-bond donors (Lipinski definition) is 3. The zero-order valence-corrected chi connectivity index (χ0v) is 19.1. The van der Waals surface area contributed by atoms with Crippen LogP contribution in [0.4, 0.5) is 5.69 Å². The molecule has 3 N–H and O–H groups in total.